The second-order valence-electron chi connectivity index (χ2n) is 3.35. The summed E-state index contributed by atoms with van der Waals surface area (Å²) in [5, 5.41) is 0.684. The number of hydrogen-bond acceptors (Lipinski definition) is 2. The Bertz CT molecular complexity index is 499. The molecule has 0 fully saturated rings. The zero-order valence-corrected chi connectivity index (χ0v) is 10.5. The lowest BCUT2D eigenvalue weighted by Crippen LogP contribution is -2.15. The van der Waals surface area contributed by atoms with E-state index >= 15 is 0 Å². The highest BCUT2D eigenvalue weighted by atomic mass is 35.5. The summed E-state index contributed by atoms with van der Waals surface area (Å²) in [5.41, 5.74) is 0.647. The summed E-state index contributed by atoms with van der Waals surface area (Å²) in [6.45, 7) is 0. The first-order chi connectivity index (χ1) is 8.25. The molecule has 2 aromatic carbocycles. The van der Waals surface area contributed by atoms with Crippen LogP contribution in [0.4, 0.5) is 0 Å². The SMILES string of the molecule is O=C(NSc1ccc(Cl)cc1)c1ccccc1. The molecule has 0 aromatic heterocycles. The lowest BCUT2D eigenvalue weighted by molar-refractivity contribution is 0.0984. The third-order valence-electron chi connectivity index (χ3n) is 2.11. The fourth-order valence-corrected chi connectivity index (χ4v) is 1.98. The van der Waals surface area contributed by atoms with Crippen LogP contribution in [0, 0.1) is 0 Å². The van der Waals surface area contributed by atoms with Crippen molar-refractivity contribution in [3.8, 4) is 0 Å². The number of carbonyl (C=O) groups is 1. The Hall–Kier alpha value is -1.45. The monoisotopic (exact) mass is 263 g/mol. The third kappa shape index (κ3) is 3.51. The van der Waals surface area contributed by atoms with Crippen LogP contribution in [0.3, 0.4) is 0 Å². The van der Waals surface area contributed by atoms with E-state index in [0.29, 0.717) is 10.6 Å². The van der Waals surface area contributed by atoms with E-state index in [-0.39, 0.29) is 5.91 Å². The van der Waals surface area contributed by atoms with Gasteiger partial charge in [-0.1, -0.05) is 29.8 Å². The molecule has 17 heavy (non-hydrogen) atoms. The Labute approximate surface area is 109 Å². The van der Waals surface area contributed by atoms with Crippen LogP contribution in [-0.4, -0.2) is 5.91 Å². The second kappa shape index (κ2) is 5.75. The molecular formula is C13H10ClNOS. The van der Waals surface area contributed by atoms with Gasteiger partial charge in [-0.15, -0.1) is 0 Å². The molecule has 4 heteroatoms. The number of hydrogen-bond donors (Lipinski definition) is 1. The van der Waals surface area contributed by atoms with Crippen molar-refractivity contribution in [1.29, 1.82) is 0 Å². The molecule has 0 unspecified atom stereocenters. The smallest absolute Gasteiger partial charge is 0.261 e. The van der Waals surface area contributed by atoms with Crippen LogP contribution >= 0.6 is 23.5 Å². The van der Waals surface area contributed by atoms with Crippen LogP contribution in [0.1, 0.15) is 10.4 Å². The minimum Gasteiger partial charge on any atom is -0.292 e. The molecule has 0 aliphatic carbocycles. The highest BCUT2D eigenvalue weighted by molar-refractivity contribution is 7.98. The summed E-state index contributed by atoms with van der Waals surface area (Å²) in [6.07, 6.45) is 0. The second-order valence-corrected chi connectivity index (χ2v) is 4.67. The first kappa shape index (κ1) is 12.0. The normalized spacial score (nSPS) is 9.94. The predicted octanol–water partition coefficient (Wildman–Crippen LogP) is 3.78. The van der Waals surface area contributed by atoms with E-state index in [9.17, 15) is 4.79 Å². The van der Waals surface area contributed by atoms with Crippen molar-refractivity contribution in [1.82, 2.24) is 4.72 Å². The van der Waals surface area contributed by atoms with Crippen LogP contribution in [0.5, 0.6) is 0 Å². The van der Waals surface area contributed by atoms with Crippen LogP contribution in [0.25, 0.3) is 0 Å². The van der Waals surface area contributed by atoms with E-state index in [0.717, 1.165) is 4.90 Å². The van der Waals surface area contributed by atoms with Crippen LogP contribution in [0.15, 0.2) is 59.5 Å². The van der Waals surface area contributed by atoms with Crippen molar-refractivity contribution in [3.63, 3.8) is 0 Å². The van der Waals surface area contributed by atoms with E-state index in [1.54, 1.807) is 24.3 Å². The molecule has 0 spiro atoms. The van der Waals surface area contributed by atoms with E-state index in [4.69, 9.17) is 11.6 Å². The van der Waals surface area contributed by atoms with Crippen LogP contribution in [-0.2, 0) is 0 Å². The van der Waals surface area contributed by atoms with Crippen molar-refractivity contribution in [2.45, 2.75) is 4.90 Å². The third-order valence-corrected chi connectivity index (χ3v) is 3.16. The molecule has 86 valence electrons. The van der Waals surface area contributed by atoms with Gasteiger partial charge in [0.15, 0.2) is 0 Å². The molecule has 1 N–H and O–H groups in total. The van der Waals surface area contributed by atoms with Gasteiger partial charge in [0.05, 0.1) is 0 Å². The van der Waals surface area contributed by atoms with Gasteiger partial charge in [0.2, 0.25) is 0 Å². The first-order valence-corrected chi connectivity index (χ1v) is 6.23. The summed E-state index contributed by atoms with van der Waals surface area (Å²) < 4.78 is 2.77. The minimum absolute atomic E-state index is 0.106. The fourth-order valence-electron chi connectivity index (χ4n) is 1.26. The lowest BCUT2D eigenvalue weighted by atomic mass is 10.2. The lowest BCUT2D eigenvalue weighted by Gasteiger charge is -2.04. The van der Waals surface area contributed by atoms with Gasteiger partial charge in [-0.25, -0.2) is 0 Å². The Morgan fingerprint density at radius 2 is 1.65 bits per heavy atom. The summed E-state index contributed by atoms with van der Waals surface area (Å²) in [6, 6.07) is 16.4. The molecule has 0 atom stereocenters. The van der Waals surface area contributed by atoms with Gasteiger partial charge in [-0.05, 0) is 48.3 Å². The quantitative estimate of drug-likeness (QED) is 0.854. The number of carbonyl (C=O) groups excluding carboxylic acids is 1. The summed E-state index contributed by atoms with van der Waals surface area (Å²) >= 11 is 7.05. The summed E-state index contributed by atoms with van der Waals surface area (Å²) in [5.74, 6) is -0.106. The molecule has 2 aromatic rings. The summed E-state index contributed by atoms with van der Waals surface area (Å²) in [7, 11) is 0. The fraction of sp³-hybridized carbons (Fsp3) is 0. The Morgan fingerprint density at radius 1 is 1.00 bits per heavy atom. The standard InChI is InChI=1S/C13H10ClNOS/c14-11-6-8-12(9-7-11)17-15-13(16)10-4-2-1-3-5-10/h1-9H,(H,15,16). The zero-order chi connectivity index (χ0) is 12.1. The molecule has 0 bridgehead atoms. The molecule has 0 heterocycles. The molecule has 0 aliphatic heterocycles. The predicted molar refractivity (Wildman–Crippen MR) is 71.2 cm³/mol. The van der Waals surface area contributed by atoms with Gasteiger partial charge >= 0.3 is 0 Å². The molecule has 2 rings (SSSR count). The van der Waals surface area contributed by atoms with Crippen molar-refractivity contribution < 1.29 is 4.79 Å². The molecule has 0 saturated carbocycles. The highest BCUT2D eigenvalue weighted by Gasteiger charge is 2.04. The van der Waals surface area contributed by atoms with Gasteiger partial charge in [-0.2, -0.15) is 0 Å². The van der Waals surface area contributed by atoms with Crippen molar-refractivity contribution >= 4 is 29.5 Å². The van der Waals surface area contributed by atoms with Gasteiger partial charge in [0.1, 0.15) is 0 Å². The largest absolute Gasteiger partial charge is 0.292 e. The van der Waals surface area contributed by atoms with Gasteiger partial charge in [0, 0.05) is 15.5 Å². The molecule has 0 aliphatic rings. The Kier molecular flexibility index (Phi) is 4.07. The van der Waals surface area contributed by atoms with Crippen molar-refractivity contribution in [2.24, 2.45) is 0 Å². The molecule has 0 saturated heterocycles. The maximum absolute atomic E-state index is 11.7. The molecular weight excluding hydrogens is 254 g/mol. The van der Waals surface area contributed by atoms with Gasteiger partial charge < -0.3 is 0 Å². The van der Waals surface area contributed by atoms with E-state index in [1.807, 2.05) is 30.3 Å². The Morgan fingerprint density at radius 3 is 2.29 bits per heavy atom. The minimum atomic E-state index is -0.106. The number of amides is 1. The first-order valence-electron chi connectivity index (χ1n) is 5.03. The number of benzene rings is 2. The zero-order valence-electron chi connectivity index (χ0n) is 8.89. The van der Waals surface area contributed by atoms with Crippen LogP contribution < -0.4 is 4.72 Å². The topological polar surface area (TPSA) is 29.1 Å². The van der Waals surface area contributed by atoms with E-state index < -0.39 is 0 Å². The van der Waals surface area contributed by atoms with Gasteiger partial charge in [0.25, 0.3) is 5.91 Å². The van der Waals surface area contributed by atoms with Crippen LogP contribution in [0.2, 0.25) is 5.02 Å². The number of halogens is 1. The average Bonchev–Trinajstić information content (AvgIpc) is 2.39. The van der Waals surface area contributed by atoms with E-state index in [2.05, 4.69) is 4.72 Å². The molecule has 1 amide bonds. The summed E-state index contributed by atoms with van der Waals surface area (Å²) in [4.78, 5) is 12.7. The van der Waals surface area contributed by atoms with E-state index in [1.165, 1.54) is 11.9 Å². The number of nitrogens with one attached hydrogen (secondary N) is 1. The van der Waals surface area contributed by atoms with Crippen molar-refractivity contribution in [2.75, 3.05) is 0 Å². The highest BCUT2D eigenvalue weighted by Crippen LogP contribution is 2.18. The maximum Gasteiger partial charge on any atom is 0.261 e. The number of rotatable bonds is 3. The van der Waals surface area contributed by atoms with Crippen molar-refractivity contribution in [3.05, 3.63) is 65.2 Å². The molecule has 2 nitrogen and oxygen atoms in total. The molecule has 0 radical (unpaired) electrons. The Balaban J connectivity index is 1.95. The maximum atomic E-state index is 11.7. The average molecular weight is 264 g/mol. The van der Waals surface area contributed by atoms with Gasteiger partial charge in [-0.3, -0.25) is 9.52 Å².